The minimum absolute atomic E-state index is 0.248. The number of ether oxygens (including phenoxy) is 2. The average molecular weight is 406 g/mol. The zero-order valence-corrected chi connectivity index (χ0v) is 17.3. The molecule has 0 spiro atoms. The van der Waals surface area contributed by atoms with Crippen LogP contribution in [0.15, 0.2) is 60.8 Å². The topological polar surface area (TPSA) is 67.9 Å². The Morgan fingerprint density at radius 1 is 1.17 bits per heavy atom. The standard InChI is InChI=1S/C24H26N2O4/c1-4-9-19-13-18(14-20-23(27)26(12-5-2)24(28)25-20)15-21(29-3)22(19)30-16-17-10-7-6-8-11-17/h4,6-8,10-11,13-15H,1,5,9,12,16H2,2-3H3,(H,25,28)/b20-14+. The van der Waals surface area contributed by atoms with E-state index in [1.54, 1.807) is 25.3 Å². The molecule has 3 rings (SSSR count). The fourth-order valence-corrected chi connectivity index (χ4v) is 3.28. The van der Waals surface area contributed by atoms with E-state index in [-0.39, 0.29) is 11.6 Å². The smallest absolute Gasteiger partial charge is 0.329 e. The molecule has 0 radical (unpaired) electrons. The quantitative estimate of drug-likeness (QED) is 0.383. The summed E-state index contributed by atoms with van der Waals surface area (Å²) in [5.41, 5.74) is 2.91. The molecule has 0 bridgehead atoms. The summed E-state index contributed by atoms with van der Waals surface area (Å²) in [7, 11) is 1.57. The lowest BCUT2D eigenvalue weighted by Crippen LogP contribution is -2.31. The molecule has 1 saturated heterocycles. The summed E-state index contributed by atoms with van der Waals surface area (Å²) in [5.74, 6) is 0.868. The number of hydrogen-bond acceptors (Lipinski definition) is 4. The van der Waals surface area contributed by atoms with Crippen molar-refractivity contribution in [1.29, 1.82) is 0 Å². The molecule has 30 heavy (non-hydrogen) atoms. The molecular weight excluding hydrogens is 380 g/mol. The molecule has 6 nitrogen and oxygen atoms in total. The van der Waals surface area contributed by atoms with E-state index in [1.165, 1.54) is 4.90 Å². The Morgan fingerprint density at radius 3 is 2.60 bits per heavy atom. The van der Waals surface area contributed by atoms with Crippen molar-refractivity contribution >= 4 is 18.0 Å². The third-order valence-corrected chi connectivity index (χ3v) is 4.68. The molecule has 1 fully saturated rings. The summed E-state index contributed by atoms with van der Waals surface area (Å²) < 4.78 is 11.6. The fourth-order valence-electron chi connectivity index (χ4n) is 3.28. The number of carbonyl (C=O) groups is 2. The van der Waals surface area contributed by atoms with Crippen molar-refractivity contribution in [2.45, 2.75) is 26.4 Å². The Labute approximate surface area is 176 Å². The van der Waals surface area contributed by atoms with Crippen LogP contribution in [0.5, 0.6) is 11.5 Å². The van der Waals surface area contributed by atoms with Crippen molar-refractivity contribution in [3.8, 4) is 11.5 Å². The van der Waals surface area contributed by atoms with E-state index in [9.17, 15) is 9.59 Å². The first-order valence-electron chi connectivity index (χ1n) is 9.90. The number of amides is 3. The second kappa shape index (κ2) is 9.78. The monoisotopic (exact) mass is 406 g/mol. The van der Waals surface area contributed by atoms with E-state index in [0.717, 1.165) is 16.7 Å². The molecule has 0 aliphatic carbocycles. The maximum Gasteiger partial charge on any atom is 0.329 e. The van der Waals surface area contributed by atoms with Gasteiger partial charge in [-0.25, -0.2) is 4.79 Å². The van der Waals surface area contributed by atoms with Crippen LogP contribution in [0.3, 0.4) is 0 Å². The van der Waals surface area contributed by atoms with Gasteiger partial charge < -0.3 is 14.8 Å². The van der Waals surface area contributed by atoms with Crippen LogP contribution in [0, 0.1) is 0 Å². The molecule has 0 atom stereocenters. The number of methoxy groups -OCH3 is 1. The molecule has 0 aromatic heterocycles. The first kappa shape index (κ1) is 21.2. The van der Waals surface area contributed by atoms with E-state index < -0.39 is 6.03 Å². The normalized spacial score (nSPS) is 14.7. The number of nitrogens with one attached hydrogen (secondary N) is 1. The lowest BCUT2D eigenvalue weighted by molar-refractivity contribution is -0.122. The van der Waals surface area contributed by atoms with Crippen molar-refractivity contribution in [1.82, 2.24) is 10.2 Å². The average Bonchev–Trinajstić information content (AvgIpc) is 3.01. The van der Waals surface area contributed by atoms with Crippen LogP contribution in [0.2, 0.25) is 0 Å². The maximum atomic E-state index is 12.5. The Hall–Kier alpha value is -3.54. The van der Waals surface area contributed by atoms with Crippen molar-refractivity contribution in [2.75, 3.05) is 13.7 Å². The van der Waals surface area contributed by atoms with Gasteiger partial charge >= 0.3 is 6.03 Å². The predicted molar refractivity (Wildman–Crippen MR) is 116 cm³/mol. The van der Waals surface area contributed by atoms with Crippen molar-refractivity contribution in [3.63, 3.8) is 0 Å². The van der Waals surface area contributed by atoms with Gasteiger partial charge in [0.1, 0.15) is 12.3 Å². The van der Waals surface area contributed by atoms with Gasteiger partial charge in [0.15, 0.2) is 11.5 Å². The summed E-state index contributed by atoms with van der Waals surface area (Å²) in [6, 6.07) is 13.2. The number of hydrogen-bond donors (Lipinski definition) is 1. The molecule has 1 N–H and O–H groups in total. The molecule has 2 aromatic carbocycles. The van der Waals surface area contributed by atoms with Gasteiger partial charge in [0.25, 0.3) is 5.91 Å². The van der Waals surface area contributed by atoms with Crippen molar-refractivity contribution < 1.29 is 19.1 Å². The molecule has 1 aliphatic heterocycles. The minimum atomic E-state index is -0.394. The lowest BCUT2D eigenvalue weighted by atomic mass is 10.0. The first-order chi connectivity index (χ1) is 14.6. The summed E-state index contributed by atoms with van der Waals surface area (Å²) >= 11 is 0. The van der Waals surface area contributed by atoms with E-state index in [1.807, 2.05) is 43.3 Å². The molecule has 3 amide bonds. The van der Waals surface area contributed by atoms with E-state index >= 15 is 0 Å². The number of allylic oxidation sites excluding steroid dienone is 1. The van der Waals surface area contributed by atoms with Crippen LogP contribution in [0.25, 0.3) is 6.08 Å². The number of benzene rings is 2. The van der Waals surface area contributed by atoms with Gasteiger partial charge in [0, 0.05) is 12.1 Å². The molecule has 0 unspecified atom stereocenters. The Bertz CT molecular complexity index is 967. The summed E-state index contributed by atoms with van der Waals surface area (Å²) in [4.78, 5) is 25.8. The highest BCUT2D eigenvalue weighted by Crippen LogP contribution is 2.35. The third kappa shape index (κ3) is 4.71. The highest BCUT2D eigenvalue weighted by atomic mass is 16.5. The Balaban J connectivity index is 1.91. The van der Waals surface area contributed by atoms with E-state index in [4.69, 9.17) is 9.47 Å². The van der Waals surface area contributed by atoms with E-state index in [2.05, 4.69) is 11.9 Å². The maximum absolute atomic E-state index is 12.5. The zero-order valence-electron chi connectivity index (χ0n) is 17.3. The summed E-state index contributed by atoms with van der Waals surface area (Å²) in [5, 5.41) is 2.64. The van der Waals surface area contributed by atoms with Gasteiger partial charge in [-0.1, -0.05) is 43.3 Å². The van der Waals surface area contributed by atoms with Gasteiger partial charge in [-0.3, -0.25) is 9.69 Å². The predicted octanol–water partition coefficient (Wildman–Crippen LogP) is 4.31. The van der Waals surface area contributed by atoms with Crippen molar-refractivity contribution in [2.24, 2.45) is 0 Å². The number of urea groups is 1. The highest BCUT2D eigenvalue weighted by molar-refractivity contribution is 6.14. The van der Waals surface area contributed by atoms with Crippen LogP contribution in [-0.2, 0) is 17.8 Å². The molecule has 156 valence electrons. The largest absolute Gasteiger partial charge is 0.493 e. The zero-order chi connectivity index (χ0) is 21.5. The summed E-state index contributed by atoms with van der Waals surface area (Å²) in [6.45, 7) is 6.54. The van der Waals surface area contributed by atoms with Crippen LogP contribution >= 0.6 is 0 Å². The molecule has 1 aliphatic rings. The fraction of sp³-hybridized carbons (Fsp3) is 0.250. The third-order valence-electron chi connectivity index (χ3n) is 4.68. The second-order valence-corrected chi connectivity index (χ2v) is 6.92. The van der Waals surface area contributed by atoms with Crippen LogP contribution in [0.4, 0.5) is 4.79 Å². The highest BCUT2D eigenvalue weighted by Gasteiger charge is 2.32. The van der Waals surface area contributed by atoms with Gasteiger partial charge in [-0.2, -0.15) is 0 Å². The van der Waals surface area contributed by atoms with Gasteiger partial charge in [0.2, 0.25) is 0 Å². The SMILES string of the molecule is C=CCc1cc(/C=C2/NC(=O)N(CCC)C2=O)cc(OC)c1OCc1ccccc1. The minimum Gasteiger partial charge on any atom is -0.493 e. The van der Waals surface area contributed by atoms with Gasteiger partial charge in [-0.15, -0.1) is 6.58 Å². The van der Waals surface area contributed by atoms with E-state index in [0.29, 0.717) is 37.5 Å². The number of carbonyl (C=O) groups excluding carboxylic acids is 2. The van der Waals surface area contributed by atoms with Crippen LogP contribution in [-0.4, -0.2) is 30.5 Å². The number of imide groups is 1. The first-order valence-corrected chi connectivity index (χ1v) is 9.90. The van der Waals surface area contributed by atoms with Crippen LogP contribution < -0.4 is 14.8 Å². The molecular formula is C24H26N2O4. The second-order valence-electron chi connectivity index (χ2n) is 6.92. The summed E-state index contributed by atoms with van der Waals surface area (Å²) in [6.07, 6.45) is 4.72. The molecule has 0 saturated carbocycles. The molecule has 6 heteroatoms. The van der Waals surface area contributed by atoms with Gasteiger partial charge in [-0.05, 0) is 42.2 Å². The number of nitrogens with zero attached hydrogens (tertiary/aromatic N) is 1. The Morgan fingerprint density at radius 2 is 1.93 bits per heavy atom. The molecule has 2 aromatic rings. The Kier molecular flexibility index (Phi) is 6.91. The van der Waals surface area contributed by atoms with Crippen LogP contribution in [0.1, 0.15) is 30.0 Å². The van der Waals surface area contributed by atoms with Gasteiger partial charge in [0.05, 0.1) is 7.11 Å². The molecule has 1 heterocycles. The van der Waals surface area contributed by atoms with Crippen molar-refractivity contribution in [3.05, 3.63) is 77.5 Å². The number of rotatable bonds is 9. The lowest BCUT2D eigenvalue weighted by Gasteiger charge is -2.16.